The molecular weight excluding hydrogens is 342 g/mol. The van der Waals surface area contributed by atoms with Crippen molar-refractivity contribution < 1.29 is 18.9 Å². The first-order valence-corrected chi connectivity index (χ1v) is 8.40. The predicted molar refractivity (Wildman–Crippen MR) is 106 cm³/mol. The highest BCUT2D eigenvalue weighted by atomic mass is 16.5. The molecule has 0 heterocycles. The fraction of sp³-hybridized carbons (Fsp3) is 0.136. The van der Waals surface area contributed by atoms with Gasteiger partial charge in [0, 0.05) is 18.3 Å². The fourth-order valence-electron chi connectivity index (χ4n) is 2.54. The van der Waals surface area contributed by atoms with Crippen LogP contribution in [0.5, 0.6) is 28.7 Å². The second-order valence-electron chi connectivity index (χ2n) is 5.63. The van der Waals surface area contributed by atoms with Gasteiger partial charge in [-0.15, -0.1) is 0 Å². The van der Waals surface area contributed by atoms with Gasteiger partial charge in [-0.25, -0.2) is 0 Å². The summed E-state index contributed by atoms with van der Waals surface area (Å²) in [7, 11) is 4.73. The van der Waals surface area contributed by atoms with Gasteiger partial charge in [-0.2, -0.15) is 0 Å². The van der Waals surface area contributed by atoms with Crippen molar-refractivity contribution in [3.8, 4) is 28.7 Å². The highest BCUT2D eigenvalue weighted by Crippen LogP contribution is 2.40. The summed E-state index contributed by atoms with van der Waals surface area (Å²) in [6.07, 6.45) is 1.77. The van der Waals surface area contributed by atoms with Crippen LogP contribution in [0.4, 0.5) is 5.69 Å². The van der Waals surface area contributed by atoms with Crippen molar-refractivity contribution in [2.45, 2.75) is 0 Å². The molecule has 0 aliphatic carbocycles. The molecule has 0 amide bonds. The second kappa shape index (κ2) is 8.76. The third-order valence-corrected chi connectivity index (χ3v) is 3.87. The Morgan fingerprint density at radius 1 is 0.704 bits per heavy atom. The van der Waals surface area contributed by atoms with Gasteiger partial charge in [-0.3, -0.25) is 4.99 Å². The van der Waals surface area contributed by atoms with Crippen LogP contribution in [0.25, 0.3) is 0 Å². The molecule has 0 saturated heterocycles. The van der Waals surface area contributed by atoms with Crippen molar-refractivity contribution in [1.82, 2.24) is 0 Å². The molecule has 5 nitrogen and oxygen atoms in total. The fourth-order valence-corrected chi connectivity index (χ4v) is 2.54. The van der Waals surface area contributed by atoms with Gasteiger partial charge < -0.3 is 18.9 Å². The number of hydrogen-bond donors (Lipinski definition) is 0. The minimum atomic E-state index is 0.543. The van der Waals surface area contributed by atoms with Gasteiger partial charge in [0.25, 0.3) is 0 Å². The van der Waals surface area contributed by atoms with Crippen LogP contribution in [-0.2, 0) is 0 Å². The molecule has 5 heteroatoms. The van der Waals surface area contributed by atoms with Crippen LogP contribution in [0, 0.1) is 0 Å². The maximum atomic E-state index is 5.79. The minimum absolute atomic E-state index is 0.543. The molecule has 0 aliphatic heterocycles. The van der Waals surface area contributed by atoms with Gasteiger partial charge in [0.05, 0.1) is 27.0 Å². The van der Waals surface area contributed by atoms with Crippen molar-refractivity contribution in [2.24, 2.45) is 4.99 Å². The quantitative estimate of drug-likeness (QED) is 0.538. The number of benzene rings is 3. The van der Waals surface area contributed by atoms with Crippen LogP contribution >= 0.6 is 0 Å². The van der Waals surface area contributed by atoms with Gasteiger partial charge in [-0.1, -0.05) is 18.2 Å². The SMILES string of the molecule is COc1cc(N=Cc2ccc(Oc3ccccc3)cc2)cc(OC)c1OC. The van der Waals surface area contributed by atoms with E-state index in [0.29, 0.717) is 22.9 Å². The average Bonchev–Trinajstić information content (AvgIpc) is 2.73. The zero-order chi connectivity index (χ0) is 19.1. The van der Waals surface area contributed by atoms with Crippen LogP contribution in [-0.4, -0.2) is 27.5 Å². The molecule has 0 unspecified atom stereocenters. The van der Waals surface area contributed by atoms with Crippen molar-refractivity contribution in [2.75, 3.05) is 21.3 Å². The smallest absolute Gasteiger partial charge is 0.203 e. The molecule has 0 radical (unpaired) electrons. The van der Waals surface area contributed by atoms with Crippen molar-refractivity contribution in [3.05, 3.63) is 72.3 Å². The van der Waals surface area contributed by atoms with Crippen molar-refractivity contribution in [1.29, 1.82) is 0 Å². The van der Waals surface area contributed by atoms with E-state index in [1.807, 2.05) is 54.6 Å². The molecule has 0 aliphatic rings. The Bertz CT molecular complexity index is 880. The Labute approximate surface area is 158 Å². The van der Waals surface area contributed by atoms with Crippen LogP contribution in [0.3, 0.4) is 0 Å². The molecule has 0 aromatic heterocycles. The standard InChI is InChI=1S/C22H21NO4/c1-24-20-13-17(14-21(25-2)22(20)26-3)23-15-16-9-11-19(12-10-16)27-18-7-5-4-6-8-18/h4-15H,1-3H3. The number of nitrogens with zero attached hydrogens (tertiary/aromatic N) is 1. The molecule has 0 atom stereocenters. The lowest BCUT2D eigenvalue weighted by Crippen LogP contribution is -1.94. The van der Waals surface area contributed by atoms with Gasteiger partial charge in [0.15, 0.2) is 11.5 Å². The first-order chi connectivity index (χ1) is 13.2. The zero-order valence-corrected chi connectivity index (χ0v) is 15.5. The summed E-state index contributed by atoms with van der Waals surface area (Å²) >= 11 is 0. The topological polar surface area (TPSA) is 49.3 Å². The maximum absolute atomic E-state index is 5.79. The van der Waals surface area contributed by atoms with Crippen LogP contribution in [0.2, 0.25) is 0 Å². The highest BCUT2D eigenvalue weighted by Gasteiger charge is 2.12. The number of hydrogen-bond acceptors (Lipinski definition) is 5. The summed E-state index contributed by atoms with van der Waals surface area (Å²) < 4.78 is 21.8. The maximum Gasteiger partial charge on any atom is 0.203 e. The van der Waals surface area contributed by atoms with E-state index in [9.17, 15) is 0 Å². The molecule has 27 heavy (non-hydrogen) atoms. The lowest BCUT2D eigenvalue weighted by molar-refractivity contribution is 0.324. The third-order valence-electron chi connectivity index (χ3n) is 3.87. The zero-order valence-electron chi connectivity index (χ0n) is 15.5. The monoisotopic (exact) mass is 363 g/mol. The average molecular weight is 363 g/mol. The molecular formula is C22H21NO4. The van der Waals surface area contributed by atoms with Crippen LogP contribution in [0.1, 0.15) is 5.56 Å². The van der Waals surface area contributed by atoms with Crippen molar-refractivity contribution >= 4 is 11.9 Å². The van der Waals surface area contributed by atoms with Crippen molar-refractivity contribution in [3.63, 3.8) is 0 Å². The third kappa shape index (κ3) is 4.58. The molecule has 138 valence electrons. The first kappa shape index (κ1) is 18.3. The number of methoxy groups -OCH3 is 3. The molecule has 3 aromatic carbocycles. The van der Waals surface area contributed by atoms with Gasteiger partial charge in [0.1, 0.15) is 11.5 Å². The van der Waals surface area contributed by atoms with E-state index in [2.05, 4.69) is 4.99 Å². The Morgan fingerprint density at radius 2 is 1.30 bits per heavy atom. The van der Waals surface area contributed by atoms with Gasteiger partial charge >= 0.3 is 0 Å². The molecule has 0 N–H and O–H groups in total. The lowest BCUT2D eigenvalue weighted by Gasteiger charge is -2.12. The highest BCUT2D eigenvalue weighted by molar-refractivity contribution is 5.82. The minimum Gasteiger partial charge on any atom is -0.493 e. The lowest BCUT2D eigenvalue weighted by atomic mass is 10.2. The summed E-state index contributed by atoms with van der Waals surface area (Å²) in [5.41, 5.74) is 1.65. The molecule has 0 saturated carbocycles. The summed E-state index contributed by atoms with van der Waals surface area (Å²) in [6, 6.07) is 21.0. The van der Waals surface area contributed by atoms with E-state index in [0.717, 1.165) is 17.1 Å². The Morgan fingerprint density at radius 3 is 1.85 bits per heavy atom. The van der Waals surface area contributed by atoms with Gasteiger partial charge in [-0.05, 0) is 42.0 Å². The van der Waals surface area contributed by atoms with Gasteiger partial charge in [0.2, 0.25) is 5.75 Å². The Kier molecular flexibility index (Phi) is 5.94. The molecule has 3 rings (SSSR count). The first-order valence-electron chi connectivity index (χ1n) is 8.40. The summed E-state index contributed by atoms with van der Waals surface area (Å²) in [4.78, 5) is 4.50. The van der Waals surface area contributed by atoms with E-state index in [4.69, 9.17) is 18.9 Å². The van der Waals surface area contributed by atoms with E-state index < -0.39 is 0 Å². The van der Waals surface area contributed by atoms with Crippen LogP contribution < -0.4 is 18.9 Å². The Balaban J connectivity index is 1.76. The number of para-hydroxylation sites is 1. The largest absolute Gasteiger partial charge is 0.493 e. The second-order valence-corrected chi connectivity index (χ2v) is 5.63. The van der Waals surface area contributed by atoms with E-state index in [-0.39, 0.29) is 0 Å². The summed E-state index contributed by atoms with van der Waals surface area (Å²) in [6.45, 7) is 0. The summed E-state index contributed by atoms with van der Waals surface area (Å²) in [5.74, 6) is 3.25. The molecule has 0 spiro atoms. The summed E-state index contributed by atoms with van der Waals surface area (Å²) in [5, 5.41) is 0. The van der Waals surface area contributed by atoms with E-state index in [1.165, 1.54) is 0 Å². The molecule has 0 fully saturated rings. The van der Waals surface area contributed by atoms with E-state index in [1.54, 1.807) is 39.7 Å². The molecule has 0 bridgehead atoms. The predicted octanol–water partition coefficient (Wildman–Crippen LogP) is 5.26. The number of aliphatic imine (C=N–C) groups is 1. The normalized spacial score (nSPS) is 10.6. The van der Waals surface area contributed by atoms with Crippen LogP contribution in [0.15, 0.2) is 71.7 Å². The number of rotatable bonds is 7. The number of ether oxygens (including phenoxy) is 4. The van der Waals surface area contributed by atoms with E-state index >= 15 is 0 Å². The molecule has 3 aromatic rings. The Hall–Kier alpha value is -3.47.